The Balaban J connectivity index is 1.42. The number of rotatable bonds is 3. The Bertz CT molecular complexity index is 788. The number of amides is 1. The van der Waals surface area contributed by atoms with Crippen LogP contribution in [-0.2, 0) is 4.79 Å². The molecule has 0 spiro atoms. The molecule has 134 valence electrons. The highest BCUT2D eigenvalue weighted by Gasteiger charge is 2.29. The Hall–Kier alpha value is -1.50. The molecule has 1 aliphatic heterocycles. The fourth-order valence-corrected chi connectivity index (χ4v) is 5.44. The van der Waals surface area contributed by atoms with Gasteiger partial charge in [0.25, 0.3) is 0 Å². The largest absolute Gasteiger partial charge is 0.356 e. The minimum Gasteiger partial charge on any atom is -0.356 e. The fraction of sp³-hybridized carbons (Fsp3) is 0.300. The van der Waals surface area contributed by atoms with Gasteiger partial charge in [0.2, 0.25) is 5.91 Å². The van der Waals surface area contributed by atoms with Crippen LogP contribution in [-0.4, -0.2) is 45.5 Å². The molecule has 26 heavy (non-hydrogen) atoms. The molecule has 1 N–H and O–H groups in total. The van der Waals surface area contributed by atoms with Gasteiger partial charge in [0, 0.05) is 24.6 Å². The highest BCUT2D eigenvalue weighted by atomic mass is 32.2. The van der Waals surface area contributed by atoms with Crippen LogP contribution >= 0.6 is 35.7 Å². The van der Waals surface area contributed by atoms with Gasteiger partial charge in [-0.2, -0.15) is 11.8 Å². The smallest absolute Gasteiger partial charge is 0.231 e. The molecule has 1 heterocycles. The van der Waals surface area contributed by atoms with Gasteiger partial charge in [-0.25, -0.2) is 0 Å². The molecule has 6 heteroatoms. The number of carbonyl (C=O) groups is 1. The van der Waals surface area contributed by atoms with Crippen molar-refractivity contribution in [3.05, 3.63) is 59.7 Å². The van der Waals surface area contributed by atoms with Crippen molar-refractivity contribution in [2.75, 3.05) is 30.3 Å². The number of thioether (sulfide) groups is 2. The fourth-order valence-electron chi connectivity index (χ4n) is 3.48. The van der Waals surface area contributed by atoms with E-state index in [1.165, 1.54) is 34.0 Å². The van der Waals surface area contributed by atoms with Crippen LogP contribution in [0.3, 0.4) is 0 Å². The first-order chi connectivity index (χ1) is 12.7. The van der Waals surface area contributed by atoms with Crippen LogP contribution in [0.5, 0.6) is 0 Å². The van der Waals surface area contributed by atoms with E-state index in [9.17, 15) is 4.79 Å². The molecule has 1 saturated heterocycles. The standard InChI is InChI=1S/C20H20N2OS3/c23-18(13-26-20(24)22-9-11-25-12-10-22)21-19-16-7-3-1-5-14(16)15-6-2-4-8-17(15)19/h1-8,19H,9-13H2,(H,21,23). The number of benzene rings is 2. The van der Waals surface area contributed by atoms with Crippen LogP contribution in [0.25, 0.3) is 11.1 Å². The minimum absolute atomic E-state index is 0.0280. The van der Waals surface area contributed by atoms with Gasteiger partial charge >= 0.3 is 0 Å². The summed E-state index contributed by atoms with van der Waals surface area (Å²) in [7, 11) is 0. The van der Waals surface area contributed by atoms with Crippen molar-refractivity contribution in [2.45, 2.75) is 6.04 Å². The molecular weight excluding hydrogens is 380 g/mol. The number of fused-ring (bicyclic) bond motifs is 3. The summed E-state index contributed by atoms with van der Waals surface area (Å²) in [5, 5.41) is 3.21. The molecule has 0 aromatic heterocycles. The maximum absolute atomic E-state index is 12.6. The van der Waals surface area contributed by atoms with Crippen molar-refractivity contribution < 1.29 is 4.79 Å². The second-order valence-electron chi connectivity index (χ2n) is 6.33. The lowest BCUT2D eigenvalue weighted by Crippen LogP contribution is -2.36. The molecule has 0 saturated carbocycles. The third-order valence-electron chi connectivity index (χ3n) is 4.74. The molecule has 0 radical (unpaired) electrons. The summed E-state index contributed by atoms with van der Waals surface area (Å²) in [4.78, 5) is 14.8. The average molecular weight is 401 g/mol. The second-order valence-corrected chi connectivity index (χ2v) is 9.16. The molecule has 1 aliphatic carbocycles. The van der Waals surface area contributed by atoms with Crippen molar-refractivity contribution in [3.8, 4) is 11.1 Å². The molecule has 2 aromatic rings. The third kappa shape index (κ3) is 3.63. The number of nitrogens with one attached hydrogen (secondary N) is 1. The number of hydrogen-bond donors (Lipinski definition) is 1. The van der Waals surface area contributed by atoms with Crippen molar-refractivity contribution in [1.29, 1.82) is 0 Å². The van der Waals surface area contributed by atoms with Crippen molar-refractivity contribution in [1.82, 2.24) is 10.2 Å². The van der Waals surface area contributed by atoms with Crippen LogP contribution in [0.1, 0.15) is 17.2 Å². The van der Waals surface area contributed by atoms with E-state index in [4.69, 9.17) is 12.2 Å². The van der Waals surface area contributed by atoms with Crippen molar-refractivity contribution in [3.63, 3.8) is 0 Å². The molecule has 1 fully saturated rings. The maximum Gasteiger partial charge on any atom is 0.231 e. The molecule has 2 aliphatic rings. The second kappa shape index (κ2) is 8.03. The Kier molecular flexibility index (Phi) is 5.52. The van der Waals surface area contributed by atoms with Crippen LogP contribution in [0.2, 0.25) is 0 Å². The van der Waals surface area contributed by atoms with Gasteiger partial charge in [0.1, 0.15) is 4.32 Å². The van der Waals surface area contributed by atoms with Gasteiger partial charge in [-0.3, -0.25) is 4.79 Å². The van der Waals surface area contributed by atoms with E-state index in [0.717, 1.165) is 28.9 Å². The Labute approximate surface area is 167 Å². The zero-order valence-electron chi connectivity index (χ0n) is 14.3. The molecule has 1 amide bonds. The van der Waals surface area contributed by atoms with Crippen LogP contribution in [0.15, 0.2) is 48.5 Å². The normalized spacial score (nSPS) is 16.1. The average Bonchev–Trinajstić information content (AvgIpc) is 3.01. The topological polar surface area (TPSA) is 32.3 Å². The summed E-state index contributed by atoms with van der Waals surface area (Å²) in [5.74, 6) is 2.62. The monoisotopic (exact) mass is 400 g/mol. The van der Waals surface area contributed by atoms with Gasteiger partial charge < -0.3 is 10.2 Å². The van der Waals surface area contributed by atoms with E-state index in [1.54, 1.807) is 0 Å². The number of hydrogen-bond acceptors (Lipinski definition) is 4. The summed E-state index contributed by atoms with van der Waals surface area (Å²) in [5.41, 5.74) is 4.76. The van der Waals surface area contributed by atoms with Gasteiger partial charge in [0.05, 0.1) is 11.8 Å². The van der Waals surface area contributed by atoms with Gasteiger partial charge in [-0.15, -0.1) is 0 Å². The SMILES string of the molecule is O=C(CSC(=S)N1CCSCC1)NC1c2ccccc2-c2ccccc21. The first-order valence-electron chi connectivity index (χ1n) is 8.71. The lowest BCUT2D eigenvalue weighted by molar-refractivity contribution is -0.119. The predicted molar refractivity (Wildman–Crippen MR) is 116 cm³/mol. The molecule has 4 rings (SSSR count). The highest BCUT2D eigenvalue weighted by Crippen LogP contribution is 2.42. The predicted octanol–water partition coefficient (Wildman–Crippen LogP) is 3.94. The Morgan fingerprint density at radius 1 is 1.08 bits per heavy atom. The van der Waals surface area contributed by atoms with Gasteiger partial charge in [0.15, 0.2) is 0 Å². The lowest BCUT2D eigenvalue weighted by atomic mass is 10.1. The van der Waals surface area contributed by atoms with Crippen LogP contribution in [0.4, 0.5) is 0 Å². The molecular formula is C20H20N2OS3. The summed E-state index contributed by atoms with van der Waals surface area (Å²) in [6.07, 6.45) is 0. The van der Waals surface area contributed by atoms with Crippen molar-refractivity contribution in [2.24, 2.45) is 0 Å². The van der Waals surface area contributed by atoms with E-state index < -0.39 is 0 Å². The summed E-state index contributed by atoms with van der Waals surface area (Å²) >= 11 is 8.93. The first-order valence-corrected chi connectivity index (χ1v) is 11.3. The van der Waals surface area contributed by atoms with Crippen LogP contribution < -0.4 is 5.32 Å². The third-order valence-corrected chi connectivity index (χ3v) is 7.20. The molecule has 0 atom stereocenters. The van der Waals surface area contributed by atoms with E-state index >= 15 is 0 Å². The van der Waals surface area contributed by atoms with Crippen molar-refractivity contribution >= 4 is 46.0 Å². The zero-order valence-corrected chi connectivity index (χ0v) is 16.8. The Morgan fingerprint density at radius 2 is 1.65 bits per heavy atom. The van der Waals surface area contributed by atoms with Gasteiger partial charge in [-0.05, 0) is 22.3 Å². The van der Waals surface area contributed by atoms with Crippen LogP contribution in [0, 0.1) is 0 Å². The molecule has 3 nitrogen and oxygen atoms in total. The summed E-state index contributed by atoms with van der Waals surface area (Å²) < 4.78 is 0.840. The quantitative estimate of drug-likeness (QED) is 0.789. The zero-order chi connectivity index (χ0) is 17.9. The number of thiocarbonyl (C=S) groups is 1. The van der Waals surface area contributed by atoms with E-state index in [0.29, 0.717) is 5.75 Å². The number of carbonyl (C=O) groups excluding carboxylic acids is 1. The Morgan fingerprint density at radius 3 is 2.27 bits per heavy atom. The van der Waals surface area contributed by atoms with E-state index in [2.05, 4.69) is 34.5 Å². The first kappa shape index (κ1) is 17.9. The minimum atomic E-state index is -0.0736. The van der Waals surface area contributed by atoms with E-state index in [1.807, 2.05) is 36.0 Å². The summed E-state index contributed by atoms with van der Waals surface area (Å²) in [6, 6.07) is 16.5. The summed E-state index contributed by atoms with van der Waals surface area (Å²) in [6.45, 7) is 1.98. The number of nitrogens with zero attached hydrogens (tertiary/aromatic N) is 1. The molecule has 0 unspecified atom stereocenters. The lowest BCUT2D eigenvalue weighted by Gasteiger charge is -2.28. The highest BCUT2D eigenvalue weighted by molar-refractivity contribution is 8.23. The molecule has 0 bridgehead atoms. The van der Waals surface area contributed by atoms with E-state index in [-0.39, 0.29) is 11.9 Å². The molecule has 2 aromatic carbocycles. The van der Waals surface area contributed by atoms with Gasteiger partial charge in [-0.1, -0.05) is 72.5 Å². The maximum atomic E-state index is 12.6.